The second-order valence-corrected chi connectivity index (χ2v) is 9.87. The van der Waals surface area contributed by atoms with Crippen LogP contribution in [-0.4, -0.2) is 30.4 Å². The van der Waals surface area contributed by atoms with E-state index >= 15 is 0 Å². The van der Waals surface area contributed by atoms with Gasteiger partial charge in [0, 0.05) is 25.4 Å². The summed E-state index contributed by atoms with van der Waals surface area (Å²) in [7, 11) is 0. The van der Waals surface area contributed by atoms with E-state index in [-0.39, 0.29) is 23.2 Å². The van der Waals surface area contributed by atoms with Crippen molar-refractivity contribution in [3.8, 4) is 0 Å². The second kappa shape index (κ2) is 5.22. The van der Waals surface area contributed by atoms with Gasteiger partial charge in [0.2, 0.25) is 5.91 Å². The lowest BCUT2D eigenvalue weighted by Crippen LogP contribution is -2.44. The minimum absolute atomic E-state index is 0.0334. The zero-order chi connectivity index (χ0) is 18.4. The third-order valence-electron chi connectivity index (χ3n) is 8.40. The number of carbonyl (C=O) groups is 1. The summed E-state index contributed by atoms with van der Waals surface area (Å²) in [6, 6.07) is 5.15. The Morgan fingerprint density at radius 2 is 2.19 bits per heavy atom. The van der Waals surface area contributed by atoms with Crippen LogP contribution >= 0.6 is 0 Å². The van der Waals surface area contributed by atoms with Crippen molar-refractivity contribution in [1.82, 2.24) is 10.2 Å². The molecule has 27 heavy (non-hydrogen) atoms. The third kappa shape index (κ3) is 2.19. The average Bonchev–Trinajstić information content (AvgIpc) is 2.93. The fourth-order valence-corrected chi connectivity index (χ4v) is 7.19. The number of hydrogen-bond donors (Lipinski definition) is 1. The molecule has 2 saturated carbocycles. The Balaban J connectivity index is 1.21. The Hall–Kier alpha value is -1.68. The molecular formula is C23H27FN2O. The summed E-state index contributed by atoms with van der Waals surface area (Å²) in [6.07, 6.45) is 9.83. The molecule has 1 amide bonds. The van der Waals surface area contributed by atoms with E-state index in [0.717, 1.165) is 49.2 Å². The lowest BCUT2D eigenvalue weighted by molar-refractivity contribution is -0.119. The average molecular weight is 366 g/mol. The minimum atomic E-state index is -0.206. The molecule has 1 saturated heterocycles. The minimum Gasteiger partial charge on any atom is -0.349 e. The van der Waals surface area contributed by atoms with Crippen LogP contribution in [0.2, 0.25) is 0 Å². The highest BCUT2D eigenvalue weighted by molar-refractivity contribution is 5.74. The first-order valence-corrected chi connectivity index (χ1v) is 10.5. The number of likely N-dealkylation sites (tertiary alicyclic amines) is 1. The molecular weight excluding hydrogens is 339 g/mol. The Kier molecular flexibility index (Phi) is 3.15. The zero-order valence-corrected chi connectivity index (χ0v) is 15.9. The maximum Gasteiger partial charge on any atom is 0.217 e. The molecule has 1 aliphatic heterocycles. The Bertz CT molecular complexity index is 866. The molecule has 2 spiro atoms. The van der Waals surface area contributed by atoms with Gasteiger partial charge in [-0.2, -0.15) is 0 Å². The molecule has 4 heteroatoms. The maximum absolute atomic E-state index is 13.9. The molecule has 5 aliphatic rings. The molecule has 0 radical (unpaired) electrons. The lowest BCUT2D eigenvalue weighted by Gasteiger charge is -2.45. The van der Waals surface area contributed by atoms with E-state index in [9.17, 15) is 9.18 Å². The number of carbonyl (C=O) groups excluding carboxylic acids is 1. The van der Waals surface area contributed by atoms with Gasteiger partial charge in [0.25, 0.3) is 0 Å². The number of amides is 1. The summed E-state index contributed by atoms with van der Waals surface area (Å²) in [5, 5.41) is 3.06. The number of hydrogen-bond acceptors (Lipinski definition) is 2. The lowest BCUT2D eigenvalue weighted by atomic mass is 9.62. The largest absolute Gasteiger partial charge is 0.349 e. The Morgan fingerprint density at radius 3 is 2.96 bits per heavy atom. The molecule has 5 unspecified atom stereocenters. The van der Waals surface area contributed by atoms with E-state index in [4.69, 9.17) is 0 Å². The quantitative estimate of drug-likeness (QED) is 0.830. The van der Waals surface area contributed by atoms with Gasteiger partial charge < -0.3 is 10.2 Å². The topological polar surface area (TPSA) is 32.3 Å². The van der Waals surface area contributed by atoms with Crippen molar-refractivity contribution in [1.29, 1.82) is 0 Å². The van der Waals surface area contributed by atoms with Gasteiger partial charge in [-0.05, 0) is 78.7 Å². The van der Waals surface area contributed by atoms with Crippen molar-refractivity contribution in [3.63, 3.8) is 0 Å². The van der Waals surface area contributed by atoms with E-state index in [1.165, 1.54) is 24.9 Å². The van der Waals surface area contributed by atoms with Crippen LogP contribution in [0.1, 0.15) is 49.8 Å². The molecule has 0 aromatic heterocycles. The van der Waals surface area contributed by atoms with Crippen LogP contribution in [0.15, 0.2) is 30.4 Å². The van der Waals surface area contributed by atoms with Gasteiger partial charge in [-0.15, -0.1) is 0 Å². The summed E-state index contributed by atoms with van der Waals surface area (Å²) in [5.74, 6) is 2.32. The van der Waals surface area contributed by atoms with Crippen LogP contribution in [0, 0.1) is 29.0 Å². The van der Waals surface area contributed by atoms with E-state index < -0.39 is 0 Å². The van der Waals surface area contributed by atoms with Gasteiger partial charge in [-0.3, -0.25) is 4.79 Å². The van der Waals surface area contributed by atoms with Gasteiger partial charge in [0.05, 0.1) is 6.04 Å². The summed E-state index contributed by atoms with van der Waals surface area (Å²) in [6.45, 7) is 4.92. The highest BCUT2D eigenvalue weighted by atomic mass is 19.1. The smallest absolute Gasteiger partial charge is 0.217 e. The molecule has 0 bridgehead atoms. The number of fused-ring (bicyclic) bond motifs is 2. The van der Waals surface area contributed by atoms with E-state index in [1.54, 1.807) is 19.1 Å². The predicted molar refractivity (Wildman–Crippen MR) is 102 cm³/mol. The van der Waals surface area contributed by atoms with E-state index in [0.29, 0.717) is 5.41 Å². The van der Waals surface area contributed by atoms with Crippen molar-refractivity contribution < 1.29 is 9.18 Å². The van der Waals surface area contributed by atoms with Crippen LogP contribution in [0.25, 0.3) is 0 Å². The third-order valence-corrected chi connectivity index (χ3v) is 8.40. The first-order valence-electron chi connectivity index (χ1n) is 10.5. The van der Waals surface area contributed by atoms with Crippen molar-refractivity contribution >= 4 is 5.91 Å². The van der Waals surface area contributed by atoms with Gasteiger partial charge >= 0.3 is 0 Å². The molecule has 3 fully saturated rings. The normalized spacial score (nSPS) is 43.3. The van der Waals surface area contributed by atoms with Crippen LogP contribution in [0.5, 0.6) is 0 Å². The first kappa shape index (κ1) is 16.3. The van der Waals surface area contributed by atoms with Crippen LogP contribution in [0.3, 0.4) is 0 Å². The molecule has 1 aromatic carbocycles. The van der Waals surface area contributed by atoms with Gasteiger partial charge in [0.15, 0.2) is 0 Å². The molecule has 3 nitrogen and oxygen atoms in total. The molecule has 142 valence electrons. The molecule has 6 atom stereocenters. The van der Waals surface area contributed by atoms with Gasteiger partial charge in [-0.1, -0.05) is 18.2 Å². The molecule has 1 heterocycles. The Labute approximate surface area is 160 Å². The summed E-state index contributed by atoms with van der Waals surface area (Å²) in [4.78, 5) is 14.3. The molecule has 6 rings (SSSR count). The first-order chi connectivity index (χ1) is 13.0. The number of allylic oxidation sites excluding steroid dienone is 2. The molecule has 4 aliphatic carbocycles. The number of benzene rings is 1. The zero-order valence-electron chi connectivity index (χ0n) is 15.9. The van der Waals surface area contributed by atoms with E-state index in [2.05, 4.69) is 22.4 Å². The van der Waals surface area contributed by atoms with E-state index in [1.807, 2.05) is 6.07 Å². The van der Waals surface area contributed by atoms with Crippen molar-refractivity contribution in [3.05, 3.63) is 47.3 Å². The SMILES string of the molecule is CC(=O)N[C@H]1CC2(CCN(CC3CC45CC4C=CC35)C2)c2ccc(F)cc21. The van der Waals surface area contributed by atoms with Crippen LogP contribution in [-0.2, 0) is 10.2 Å². The van der Waals surface area contributed by atoms with Gasteiger partial charge in [0.1, 0.15) is 5.82 Å². The molecule has 1 aromatic rings. The fourth-order valence-electron chi connectivity index (χ4n) is 7.19. The van der Waals surface area contributed by atoms with Crippen molar-refractivity contribution in [2.24, 2.45) is 23.2 Å². The highest BCUT2D eigenvalue weighted by Crippen LogP contribution is 2.75. The van der Waals surface area contributed by atoms with Crippen LogP contribution < -0.4 is 5.32 Å². The van der Waals surface area contributed by atoms with Crippen molar-refractivity contribution in [2.75, 3.05) is 19.6 Å². The highest BCUT2D eigenvalue weighted by Gasteiger charge is 2.68. The predicted octanol–water partition coefficient (Wildman–Crippen LogP) is 3.56. The van der Waals surface area contributed by atoms with Crippen molar-refractivity contribution in [2.45, 2.75) is 44.1 Å². The molecule has 1 N–H and O–H groups in total. The summed E-state index contributed by atoms with van der Waals surface area (Å²) >= 11 is 0. The number of nitrogens with one attached hydrogen (secondary N) is 1. The number of halogens is 1. The number of nitrogens with zero attached hydrogens (tertiary/aromatic N) is 1. The van der Waals surface area contributed by atoms with Crippen LogP contribution in [0.4, 0.5) is 4.39 Å². The summed E-state index contributed by atoms with van der Waals surface area (Å²) < 4.78 is 13.9. The standard InChI is InChI=1S/C23H27FN2O/c1-14(27)25-21-11-22(20-5-3-17(24)8-18(20)21)6-7-26(13-22)12-15-9-23-10-16(23)2-4-19(15)23/h2-5,8,15-16,19,21H,6-7,9-13H2,1H3,(H,25,27)/t15?,16?,19?,21-,22?,23?/m0/s1. The maximum atomic E-state index is 13.9. The monoisotopic (exact) mass is 366 g/mol. The Morgan fingerprint density at radius 1 is 1.30 bits per heavy atom. The summed E-state index contributed by atoms with van der Waals surface area (Å²) in [5.41, 5.74) is 3.02. The number of rotatable bonds is 3. The fraction of sp³-hybridized carbons (Fsp3) is 0.609. The second-order valence-electron chi connectivity index (χ2n) is 9.87. The van der Waals surface area contributed by atoms with Gasteiger partial charge in [-0.25, -0.2) is 4.39 Å².